The van der Waals surface area contributed by atoms with Crippen LogP contribution in [0.25, 0.3) is 0 Å². The molecule has 3 atom stereocenters. The third kappa shape index (κ3) is 3.54. The van der Waals surface area contributed by atoms with Crippen molar-refractivity contribution in [3.05, 3.63) is 70.3 Å². The fraction of sp³-hybridized carbons (Fsp3) is 0.286. The second-order valence-corrected chi connectivity index (χ2v) is 6.89. The third-order valence-electron chi connectivity index (χ3n) is 5.06. The highest BCUT2D eigenvalue weighted by Crippen LogP contribution is 2.38. The van der Waals surface area contributed by atoms with Crippen molar-refractivity contribution in [1.82, 2.24) is 5.32 Å². The van der Waals surface area contributed by atoms with Crippen molar-refractivity contribution in [3.63, 3.8) is 0 Å². The van der Waals surface area contributed by atoms with E-state index in [0.717, 1.165) is 11.1 Å². The number of aliphatic carboxylic acids is 1. The number of hydrogen-bond donors (Lipinski definition) is 5. The Balaban J connectivity index is 2.00. The number of nitrogens with two attached hydrogens (primary N) is 1. The van der Waals surface area contributed by atoms with Gasteiger partial charge in [-0.3, -0.25) is 20.3 Å². The number of carbonyl (C=O) groups excluding carboxylic acids is 1. The Morgan fingerprint density at radius 1 is 1.18 bits per heavy atom. The number of benzene rings is 2. The molecule has 1 aliphatic heterocycles. The van der Waals surface area contributed by atoms with Gasteiger partial charge < -0.3 is 15.9 Å². The topological polar surface area (TPSA) is 136 Å². The van der Waals surface area contributed by atoms with E-state index in [-0.39, 0.29) is 23.9 Å². The lowest BCUT2D eigenvalue weighted by Gasteiger charge is -2.17. The summed E-state index contributed by atoms with van der Waals surface area (Å²) in [6, 6.07) is 11.7. The molecule has 6 N–H and O–H groups in total. The summed E-state index contributed by atoms with van der Waals surface area (Å²) < 4.78 is 0. The molecule has 0 aliphatic carbocycles. The number of nitrogens with one attached hydrogen (secondary N) is 2. The number of rotatable bonds is 7. The quantitative estimate of drug-likeness (QED) is 0.216. The standard InChI is InChI=1S/C21H23N3O4/c1-2-5-15(21(27)28)18(25)11-8-9-13-16(10-11)20(26)24-17(13)12-6-3-4-7-14(12)19(22)23/h3-4,6-10,15,17,20,24,26H,2,5H2,1H3,(H3,22,23)(H,27,28). The highest BCUT2D eigenvalue weighted by molar-refractivity contribution is 6.08. The van der Waals surface area contributed by atoms with E-state index in [1.165, 1.54) is 0 Å². The highest BCUT2D eigenvalue weighted by atomic mass is 16.4. The zero-order chi connectivity index (χ0) is 20.4. The number of amidine groups is 1. The Bertz CT molecular complexity index is 941. The number of aliphatic hydroxyl groups is 1. The lowest BCUT2D eigenvalue weighted by molar-refractivity contribution is -0.140. The van der Waals surface area contributed by atoms with E-state index in [9.17, 15) is 19.8 Å². The Hall–Kier alpha value is -3.03. The maximum Gasteiger partial charge on any atom is 0.314 e. The van der Waals surface area contributed by atoms with Crippen LogP contribution < -0.4 is 11.1 Å². The van der Waals surface area contributed by atoms with Gasteiger partial charge in [-0.2, -0.15) is 0 Å². The molecule has 1 heterocycles. The SMILES string of the molecule is CCCC(C(=O)O)C(=O)c1ccc2c(c1)C(O)NC2c1ccccc1C(=N)N. The third-order valence-corrected chi connectivity index (χ3v) is 5.06. The van der Waals surface area contributed by atoms with Gasteiger partial charge in [0.15, 0.2) is 5.78 Å². The molecule has 1 aliphatic rings. The molecule has 0 radical (unpaired) electrons. The van der Waals surface area contributed by atoms with Crippen molar-refractivity contribution in [2.45, 2.75) is 32.0 Å². The zero-order valence-corrected chi connectivity index (χ0v) is 15.5. The van der Waals surface area contributed by atoms with Crippen LogP contribution in [-0.4, -0.2) is 27.8 Å². The Kier molecular flexibility index (Phi) is 5.58. The summed E-state index contributed by atoms with van der Waals surface area (Å²) in [6.07, 6.45) is -0.162. The Labute approximate surface area is 162 Å². The molecular weight excluding hydrogens is 358 g/mol. The van der Waals surface area contributed by atoms with Crippen LogP contribution in [0.3, 0.4) is 0 Å². The van der Waals surface area contributed by atoms with Crippen LogP contribution in [0.15, 0.2) is 42.5 Å². The summed E-state index contributed by atoms with van der Waals surface area (Å²) in [4.78, 5) is 24.1. The molecule has 28 heavy (non-hydrogen) atoms. The van der Waals surface area contributed by atoms with Crippen LogP contribution in [0.5, 0.6) is 0 Å². The first-order chi connectivity index (χ1) is 13.3. The van der Waals surface area contributed by atoms with E-state index in [1.54, 1.807) is 30.3 Å². The van der Waals surface area contributed by atoms with E-state index < -0.39 is 23.9 Å². The van der Waals surface area contributed by atoms with Crippen molar-refractivity contribution in [1.29, 1.82) is 5.41 Å². The molecule has 3 unspecified atom stereocenters. The average Bonchev–Trinajstić information content (AvgIpc) is 3.01. The smallest absolute Gasteiger partial charge is 0.314 e. The summed E-state index contributed by atoms with van der Waals surface area (Å²) >= 11 is 0. The molecule has 0 aromatic heterocycles. The normalized spacial score (nSPS) is 19.1. The molecular formula is C21H23N3O4. The second kappa shape index (κ2) is 7.92. The van der Waals surface area contributed by atoms with Gasteiger partial charge >= 0.3 is 5.97 Å². The maximum absolute atomic E-state index is 12.7. The fourth-order valence-corrected chi connectivity index (χ4v) is 3.67. The number of hydrogen-bond acceptors (Lipinski definition) is 5. The van der Waals surface area contributed by atoms with E-state index in [0.29, 0.717) is 17.5 Å². The van der Waals surface area contributed by atoms with Crippen molar-refractivity contribution >= 4 is 17.6 Å². The molecule has 2 aromatic carbocycles. The van der Waals surface area contributed by atoms with E-state index in [4.69, 9.17) is 11.1 Å². The van der Waals surface area contributed by atoms with Gasteiger partial charge in [0.1, 0.15) is 18.0 Å². The van der Waals surface area contributed by atoms with Crippen molar-refractivity contribution in [2.24, 2.45) is 11.7 Å². The minimum atomic E-state index is -1.14. The molecule has 0 saturated carbocycles. The first kappa shape index (κ1) is 19.7. The zero-order valence-electron chi connectivity index (χ0n) is 15.5. The number of carboxylic acid groups (broad SMARTS) is 1. The van der Waals surface area contributed by atoms with Crippen LogP contribution in [0.1, 0.15) is 64.6 Å². The van der Waals surface area contributed by atoms with E-state index in [1.807, 2.05) is 19.1 Å². The molecule has 7 heteroatoms. The molecule has 2 aromatic rings. The van der Waals surface area contributed by atoms with Gasteiger partial charge in [0.25, 0.3) is 0 Å². The predicted octanol–water partition coefficient (Wildman–Crippen LogP) is 2.34. The van der Waals surface area contributed by atoms with Gasteiger partial charge in [0.05, 0.1) is 6.04 Å². The van der Waals surface area contributed by atoms with Crippen LogP contribution in [0.4, 0.5) is 0 Å². The number of carboxylic acids is 1. The Morgan fingerprint density at radius 3 is 2.54 bits per heavy atom. The van der Waals surface area contributed by atoms with Crippen LogP contribution in [0, 0.1) is 11.3 Å². The summed E-state index contributed by atoms with van der Waals surface area (Å²) in [6.45, 7) is 1.83. The molecule has 0 bridgehead atoms. The molecule has 0 amide bonds. The summed E-state index contributed by atoms with van der Waals surface area (Å²) in [5.41, 5.74) is 8.55. The highest BCUT2D eigenvalue weighted by Gasteiger charge is 2.33. The lowest BCUT2D eigenvalue weighted by atomic mass is 9.89. The van der Waals surface area contributed by atoms with Gasteiger partial charge in [-0.05, 0) is 23.6 Å². The predicted molar refractivity (Wildman–Crippen MR) is 104 cm³/mol. The molecule has 0 saturated heterocycles. The second-order valence-electron chi connectivity index (χ2n) is 6.89. The number of aliphatic hydroxyl groups excluding tert-OH is 1. The van der Waals surface area contributed by atoms with Crippen LogP contribution in [0.2, 0.25) is 0 Å². The number of nitrogen functional groups attached to an aromatic ring is 1. The Morgan fingerprint density at radius 2 is 1.89 bits per heavy atom. The minimum Gasteiger partial charge on any atom is -0.481 e. The number of ketones is 1. The maximum atomic E-state index is 12.7. The van der Waals surface area contributed by atoms with Gasteiger partial charge in [-0.25, -0.2) is 0 Å². The molecule has 0 fully saturated rings. The summed E-state index contributed by atoms with van der Waals surface area (Å²) in [5, 5.41) is 30.6. The van der Waals surface area contributed by atoms with Gasteiger partial charge in [0.2, 0.25) is 0 Å². The first-order valence-electron chi connectivity index (χ1n) is 9.13. The summed E-state index contributed by atoms with van der Waals surface area (Å²) in [7, 11) is 0. The number of fused-ring (bicyclic) bond motifs is 1. The van der Waals surface area contributed by atoms with Crippen LogP contribution in [-0.2, 0) is 4.79 Å². The average molecular weight is 381 g/mol. The largest absolute Gasteiger partial charge is 0.481 e. The van der Waals surface area contributed by atoms with Crippen molar-refractivity contribution < 1.29 is 19.8 Å². The molecule has 7 nitrogen and oxygen atoms in total. The molecule has 146 valence electrons. The monoisotopic (exact) mass is 381 g/mol. The van der Waals surface area contributed by atoms with E-state index in [2.05, 4.69) is 5.32 Å². The number of carbonyl (C=O) groups is 2. The first-order valence-corrected chi connectivity index (χ1v) is 9.13. The molecule has 0 spiro atoms. The number of Topliss-reactive ketones (excluding diaryl/α,β-unsaturated/α-hetero) is 1. The molecule has 3 rings (SSSR count). The fourth-order valence-electron chi connectivity index (χ4n) is 3.67. The van der Waals surface area contributed by atoms with Gasteiger partial charge in [-0.1, -0.05) is 49.7 Å². The van der Waals surface area contributed by atoms with Gasteiger partial charge in [-0.15, -0.1) is 0 Å². The lowest BCUT2D eigenvalue weighted by Crippen LogP contribution is -2.24. The summed E-state index contributed by atoms with van der Waals surface area (Å²) in [5.74, 6) is -2.77. The van der Waals surface area contributed by atoms with Gasteiger partial charge in [0, 0.05) is 16.7 Å². The van der Waals surface area contributed by atoms with Crippen molar-refractivity contribution in [3.8, 4) is 0 Å². The van der Waals surface area contributed by atoms with Crippen LogP contribution >= 0.6 is 0 Å². The van der Waals surface area contributed by atoms with E-state index >= 15 is 0 Å². The minimum absolute atomic E-state index is 0.0731. The van der Waals surface area contributed by atoms with Crippen molar-refractivity contribution in [2.75, 3.05) is 0 Å².